The highest BCUT2D eigenvalue weighted by Gasteiger charge is 2.30. The lowest BCUT2D eigenvalue weighted by molar-refractivity contribution is -0.0267. The van der Waals surface area contributed by atoms with Crippen LogP contribution in [0.4, 0.5) is 0 Å². The average molecular weight is 331 g/mol. The van der Waals surface area contributed by atoms with Gasteiger partial charge in [0.05, 0.1) is 18.7 Å². The molecule has 0 aromatic carbocycles. The van der Waals surface area contributed by atoms with E-state index in [1.165, 1.54) is 0 Å². The van der Waals surface area contributed by atoms with E-state index < -0.39 is 0 Å². The van der Waals surface area contributed by atoms with E-state index in [0.29, 0.717) is 25.5 Å². The largest absolute Gasteiger partial charge is 0.366 e. The van der Waals surface area contributed by atoms with Crippen LogP contribution in [-0.4, -0.2) is 50.3 Å². The van der Waals surface area contributed by atoms with Crippen LogP contribution in [0.5, 0.6) is 0 Å². The van der Waals surface area contributed by atoms with Gasteiger partial charge in [-0.15, -0.1) is 0 Å². The Balaban J connectivity index is 1.78. The Morgan fingerprint density at radius 3 is 2.83 bits per heavy atom. The minimum Gasteiger partial charge on any atom is -0.366 e. The average Bonchev–Trinajstić information content (AvgIpc) is 3.19. The number of nitrogens with one attached hydrogen (secondary N) is 1. The molecule has 3 rings (SSSR count). The number of aromatic amines is 1. The molecule has 7 nitrogen and oxygen atoms in total. The van der Waals surface area contributed by atoms with Gasteiger partial charge in [-0.05, 0) is 26.8 Å². The number of hydrogen-bond donors (Lipinski definition) is 1. The summed E-state index contributed by atoms with van der Waals surface area (Å²) in [5.41, 5.74) is 2.91. The van der Waals surface area contributed by atoms with Crippen LogP contribution in [0.15, 0.2) is 6.07 Å². The molecule has 1 aliphatic rings. The zero-order valence-corrected chi connectivity index (χ0v) is 14.8. The number of aromatic nitrogens is 4. The first kappa shape index (κ1) is 16.7. The molecule has 0 radical (unpaired) electrons. The number of H-pyrrole nitrogens is 1. The van der Waals surface area contributed by atoms with E-state index in [4.69, 9.17) is 4.74 Å². The molecule has 0 aliphatic carbocycles. The number of aryl methyl sites for hydroxylation is 2. The van der Waals surface area contributed by atoms with Gasteiger partial charge in [-0.3, -0.25) is 9.89 Å². The smallest absolute Gasteiger partial charge is 0.255 e. The Bertz CT molecular complexity index is 733. The number of amides is 1. The maximum absolute atomic E-state index is 12.9. The van der Waals surface area contributed by atoms with Crippen molar-refractivity contribution < 1.29 is 9.53 Å². The molecule has 1 amide bonds. The van der Waals surface area contributed by atoms with Crippen LogP contribution in [0.1, 0.15) is 53.3 Å². The number of carbonyl (C=O) groups excluding carboxylic acids is 1. The first-order chi connectivity index (χ1) is 11.5. The van der Waals surface area contributed by atoms with Crippen LogP contribution in [0.2, 0.25) is 0 Å². The maximum Gasteiger partial charge on any atom is 0.255 e. The van der Waals surface area contributed by atoms with Gasteiger partial charge in [0.25, 0.3) is 5.91 Å². The third-order valence-electron chi connectivity index (χ3n) is 4.65. The standard InChI is InChI=1S/C17H25N5O2/c1-5-15-18-16(20-19-15)14-10-21(7-8-24-14)17(23)13-9-11(3)22(6-2)12(13)4/h9,14H,5-8,10H2,1-4H3,(H,18,19,20)/t14-/m1/s1. The van der Waals surface area contributed by atoms with Gasteiger partial charge in [-0.2, -0.15) is 5.10 Å². The Kier molecular flexibility index (Phi) is 4.71. The lowest BCUT2D eigenvalue weighted by Gasteiger charge is -2.31. The van der Waals surface area contributed by atoms with E-state index >= 15 is 0 Å². The molecule has 130 valence electrons. The maximum atomic E-state index is 12.9. The van der Waals surface area contributed by atoms with Gasteiger partial charge >= 0.3 is 0 Å². The van der Waals surface area contributed by atoms with Crippen molar-refractivity contribution in [3.8, 4) is 0 Å². The predicted molar refractivity (Wildman–Crippen MR) is 89.9 cm³/mol. The molecule has 1 aliphatic heterocycles. The Morgan fingerprint density at radius 2 is 2.21 bits per heavy atom. The van der Waals surface area contributed by atoms with Gasteiger partial charge in [0.2, 0.25) is 0 Å². The van der Waals surface area contributed by atoms with E-state index in [-0.39, 0.29) is 12.0 Å². The van der Waals surface area contributed by atoms with Crippen LogP contribution < -0.4 is 0 Å². The van der Waals surface area contributed by atoms with E-state index in [9.17, 15) is 4.79 Å². The second kappa shape index (κ2) is 6.76. The molecule has 24 heavy (non-hydrogen) atoms. The third-order valence-corrected chi connectivity index (χ3v) is 4.65. The first-order valence-corrected chi connectivity index (χ1v) is 8.53. The highest BCUT2D eigenvalue weighted by atomic mass is 16.5. The fraction of sp³-hybridized carbons (Fsp3) is 0.588. The lowest BCUT2D eigenvalue weighted by atomic mass is 10.2. The van der Waals surface area contributed by atoms with E-state index in [2.05, 4.69) is 26.7 Å². The Hall–Kier alpha value is -2.15. The molecule has 1 saturated heterocycles. The summed E-state index contributed by atoms with van der Waals surface area (Å²) in [6.07, 6.45) is 0.527. The lowest BCUT2D eigenvalue weighted by Crippen LogP contribution is -2.42. The topological polar surface area (TPSA) is 76.0 Å². The number of ether oxygens (including phenoxy) is 1. The van der Waals surface area contributed by atoms with Crippen molar-refractivity contribution >= 4 is 5.91 Å². The van der Waals surface area contributed by atoms with Gasteiger partial charge < -0.3 is 14.2 Å². The molecule has 0 bridgehead atoms. The van der Waals surface area contributed by atoms with Crippen molar-refractivity contribution in [1.82, 2.24) is 24.6 Å². The molecule has 1 N–H and O–H groups in total. The summed E-state index contributed by atoms with van der Waals surface area (Å²) in [4.78, 5) is 19.2. The zero-order valence-electron chi connectivity index (χ0n) is 14.8. The van der Waals surface area contributed by atoms with Crippen molar-refractivity contribution in [2.45, 2.75) is 46.8 Å². The van der Waals surface area contributed by atoms with Gasteiger partial charge in [0.1, 0.15) is 11.9 Å². The van der Waals surface area contributed by atoms with Crippen LogP contribution in [0.25, 0.3) is 0 Å². The van der Waals surface area contributed by atoms with Crippen LogP contribution in [0, 0.1) is 13.8 Å². The van der Waals surface area contributed by atoms with Crippen LogP contribution in [-0.2, 0) is 17.7 Å². The monoisotopic (exact) mass is 331 g/mol. The summed E-state index contributed by atoms with van der Waals surface area (Å²) in [5.74, 6) is 1.52. The number of hydrogen-bond acceptors (Lipinski definition) is 4. The molecular weight excluding hydrogens is 306 g/mol. The number of morpholine rings is 1. The number of nitrogens with zero attached hydrogens (tertiary/aromatic N) is 4. The minimum atomic E-state index is -0.270. The summed E-state index contributed by atoms with van der Waals surface area (Å²) in [7, 11) is 0. The molecule has 7 heteroatoms. The van der Waals surface area contributed by atoms with Gasteiger partial charge in [0, 0.05) is 30.9 Å². The second-order valence-corrected chi connectivity index (χ2v) is 6.13. The van der Waals surface area contributed by atoms with Crippen molar-refractivity contribution in [2.24, 2.45) is 0 Å². The number of rotatable bonds is 4. The molecular formula is C17H25N5O2. The van der Waals surface area contributed by atoms with Gasteiger partial charge in [-0.25, -0.2) is 4.98 Å². The molecule has 0 unspecified atom stereocenters. The fourth-order valence-corrected chi connectivity index (χ4v) is 3.28. The van der Waals surface area contributed by atoms with Crippen LogP contribution in [0.3, 0.4) is 0 Å². The second-order valence-electron chi connectivity index (χ2n) is 6.13. The summed E-state index contributed by atoms with van der Waals surface area (Å²) >= 11 is 0. The molecule has 2 aromatic rings. The van der Waals surface area contributed by atoms with Crippen molar-refractivity contribution in [3.05, 3.63) is 34.7 Å². The molecule has 1 fully saturated rings. The molecule has 2 aromatic heterocycles. The first-order valence-electron chi connectivity index (χ1n) is 8.53. The third kappa shape index (κ3) is 2.96. The zero-order chi connectivity index (χ0) is 17.3. The van der Waals surface area contributed by atoms with Crippen molar-refractivity contribution in [3.63, 3.8) is 0 Å². The van der Waals surface area contributed by atoms with Crippen molar-refractivity contribution in [2.75, 3.05) is 19.7 Å². The number of carbonyl (C=O) groups is 1. The minimum absolute atomic E-state index is 0.0577. The Morgan fingerprint density at radius 1 is 1.42 bits per heavy atom. The normalized spacial score (nSPS) is 18.2. The van der Waals surface area contributed by atoms with E-state index in [0.717, 1.165) is 35.7 Å². The summed E-state index contributed by atoms with van der Waals surface area (Å²) in [5, 5.41) is 7.13. The molecule has 3 heterocycles. The van der Waals surface area contributed by atoms with Crippen molar-refractivity contribution in [1.29, 1.82) is 0 Å². The predicted octanol–water partition coefficient (Wildman–Crippen LogP) is 2.02. The highest BCUT2D eigenvalue weighted by molar-refractivity contribution is 5.95. The van der Waals surface area contributed by atoms with Gasteiger partial charge in [0.15, 0.2) is 5.82 Å². The molecule has 0 saturated carbocycles. The summed E-state index contributed by atoms with van der Waals surface area (Å²) in [6.45, 7) is 10.6. The fourth-order valence-electron chi connectivity index (χ4n) is 3.28. The SMILES string of the molecule is CCc1nc([C@H]2CN(C(=O)c3cc(C)n(CC)c3C)CCO2)n[nH]1. The molecule has 0 spiro atoms. The summed E-state index contributed by atoms with van der Waals surface area (Å²) < 4.78 is 7.94. The van der Waals surface area contributed by atoms with Crippen LogP contribution >= 0.6 is 0 Å². The summed E-state index contributed by atoms with van der Waals surface area (Å²) in [6, 6.07) is 1.98. The Labute approximate surface area is 142 Å². The van der Waals surface area contributed by atoms with E-state index in [1.807, 2.05) is 31.7 Å². The highest BCUT2D eigenvalue weighted by Crippen LogP contribution is 2.23. The quantitative estimate of drug-likeness (QED) is 0.930. The van der Waals surface area contributed by atoms with E-state index in [1.54, 1.807) is 0 Å². The molecule has 1 atom stereocenters. The van der Waals surface area contributed by atoms with Gasteiger partial charge in [-0.1, -0.05) is 6.92 Å².